The maximum Gasteiger partial charge on any atom is 0.164 e. The van der Waals surface area contributed by atoms with Crippen molar-refractivity contribution in [3.8, 4) is 113 Å². The molecule has 0 unspecified atom stereocenters. The molecule has 0 amide bonds. The van der Waals surface area contributed by atoms with Gasteiger partial charge in [-0.2, -0.15) is 10.5 Å². The van der Waals surface area contributed by atoms with Gasteiger partial charge in [-0.1, -0.05) is 188 Å². The van der Waals surface area contributed by atoms with E-state index in [2.05, 4.69) is 215 Å². The number of fused-ring (bicyclic) bond motifs is 6. The molecular formula is C77H47N7. The van der Waals surface area contributed by atoms with Crippen LogP contribution in [0.4, 0.5) is 0 Å². The summed E-state index contributed by atoms with van der Waals surface area (Å²) in [6.45, 7) is 0. The first kappa shape index (κ1) is 49.3. The van der Waals surface area contributed by atoms with E-state index in [1.54, 1.807) is 0 Å². The van der Waals surface area contributed by atoms with Gasteiger partial charge in [0, 0.05) is 43.8 Å². The lowest BCUT2D eigenvalue weighted by atomic mass is 9.98. The maximum atomic E-state index is 11.2. The van der Waals surface area contributed by atoms with E-state index in [0.717, 1.165) is 122 Å². The minimum atomic E-state index is 0.423. The fourth-order valence-electron chi connectivity index (χ4n) is 12.0. The Kier molecular flexibility index (Phi) is 12.2. The van der Waals surface area contributed by atoms with Crippen LogP contribution in [-0.4, -0.2) is 24.1 Å². The third-order valence-electron chi connectivity index (χ3n) is 16.0. The van der Waals surface area contributed by atoms with Crippen LogP contribution in [0.1, 0.15) is 11.1 Å². The zero-order chi connectivity index (χ0) is 56.1. The van der Waals surface area contributed by atoms with Gasteiger partial charge in [0.25, 0.3) is 0 Å². The second kappa shape index (κ2) is 20.7. The highest BCUT2D eigenvalue weighted by Crippen LogP contribution is 2.43. The van der Waals surface area contributed by atoms with Crippen molar-refractivity contribution < 1.29 is 0 Å². The number of nitriles is 2. The van der Waals surface area contributed by atoms with Gasteiger partial charge in [-0.25, -0.2) is 15.0 Å². The summed E-state index contributed by atoms with van der Waals surface area (Å²) < 4.78 is 4.55. The summed E-state index contributed by atoms with van der Waals surface area (Å²) in [6.07, 6.45) is 0. The van der Waals surface area contributed by atoms with E-state index in [9.17, 15) is 10.5 Å². The topological polar surface area (TPSA) is 96.1 Å². The van der Waals surface area contributed by atoms with Gasteiger partial charge in [0.2, 0.25) is 0 Å². The molecule has 0 atom stereocenters. The van der Waals surface area contributed by atoms with Gasteiger partial charge < -0.3 is 9.13 Å². The third kappa shape index (κ3) is 8.74. The van der Waals surface area contributed by atoms with Gasteiger partial charge in [0.15, 0.2) is 17.5 Å². The molecule has 0 saturated carbocycles. The summed E-state index contributed by atoms with van der Waals surface area (Å²) in [5.41, 5.74) is 19.8. The van der Waals surface area contributed by atoms with Crippen LogP contribution in [0.2, 0.25) is 0 Å². The first-order valence-corrected chi connectivity index (χ1v) is 27.9. The molecule has 84 heavy (non-hydrogen) atoms. The van der Waals surface area contributed by atoms with Gasteiger partial charge in [-0.05, 0) is 147 Å². The number of hydrogen-bond donors (Lipinski definition) is 0. The zero-order valence-corrected chi connectivity index (χ0v) is 45.3. The Hall–Kier alpha value is -11.8. The summed E-state index contributed by atoms with van der Waals surface area (Å²) in [4.78, 5) is 15.7. The lowest BCUT2D eigenvalue weighted by molar-refractivity contribution is 1.07. The van der Waals surface area contributed by atoms with Gasteiger partial charge in [0.05, 0.1) is 50.6 Å². The smallest absolute Gasteiger partial charge is 0.164 e. The van der Waals surface area contributed by atoms with E-state index >= 15 is 0 Å². The van der Waals surface area contributed by atoms with Crippen molar-refractivity contribution in [3.63, 3.8) is 0 Å². The van der Waals surface area contributed by atoms with Gasteiger partial charge in [0.1, 0.15) is 6.07 Å². The summed E-state index contributed by atoms with van der Waals surface area (Å²) in [7, 11) is 0. The highest BCUT2D eigenvalue weighted by molar-refractivity contribution is 6.13. The van der Waals surface area contributed by atoms with Crippen molar-refractivity contribution in [1.82, 2.24) is 24.1 Å². The highest BCUT2D eigenvalue weighted by Gasteiger charge is 2.23. The molecule has 7 heteroatoms. The molecule has 390 valence electrons. The number of benzene rings is 12. The van der Waals surface area contributed by atoms with E-state index in [0.29, 0.717) is 34.2 Å². The van der Waals surface area contributed by atoms with Crippen molar-refractivity contribution in [2.75, 3.05) is 0 Å². The number of hydrogen-bond acceptors (Lipinski definition) is 5. The largest absolute Gasteiger partial charge is 0.309 e. The monoisotopic (exact) mass is 1070 g/mol. The van der Waals surface area contributed by atoms with Crippen molar-refractivity contribution in [2.45, 2.75) is 0 Å². The van der Waals surface area contributed by atoms with Gasteiger partial charge in [-0.3, -0.25) is 0 Å². The van der Waals surface area contributed by atoms with Crippen LogP contribution in [0, 0.1) is 22.7 Å². The standard InChI is InChI=1S/C77H47N7/c78-48-50-17-16-28-60(41-50)64-47-62(34-40-70(64)84-73-38-31-58(53-22-10-3-11-23-53)45-67(73)68-46-59(32-39-74(68)84)54-24-12-4-13-25-54)77-81-75(55-26-14-5-15-27-55)80-76(82-77)61-33-35-69(63(42-61)49-79)83-71-36-29-56(51-18-6-1-7-19-51)43-65(71)66-44-57(30-37-72(66)83)52-20-8-2-9-21-52/h1-47H. The average molecular weight is 1070 g/mol. The molecule has 15 aromatic rings. The van der Waals surface area contributed by atoms with Crippen LogP contribution in [-0.2, 0) is 0 Å². The molecule has 0 aliphatic rings. The third-order valence-corrected chi connectivity index (χ3v) is 16.0. The van der Waals surface area contributed by atoms with Crippen LogP contribution in [0.25, 0.3) is 145 Å². The molecule has 0 N–H and O–H groups in total. The van der Waals surface area contributed by atoms with E-state index < -0.39 is 0 Å². The van der Waals surface area contributed by atoms with Crippen molar-refractivity contribution >= 4 is 43.6 Å². The van der Waals surface area contributed by atoms with Crippen LogP contribution in [0.5, 0.6) is 0 Å². The second-order valence-electron chi connectivity index (χ2n) is 21.0. The summed E-state index contributed by atoms with van der Waals surface area (Å²) in [5, 5.41) is 25.9. The van der Waals surface area contributed by atoms with Crippen LogP contribution in [0.15, 0.2) is 285 Å². The molecule has 0 bridgehead atoms. The van der Waals surface area contributed by atoms with Crippen molar-refractivity contribution in [1.29, 1.82) is 10.5 Å². The van der Waals surface area contributed by atoms with Crippen molar-refractivity contribution in [3.05, 3.63) is 296 Å². The fourth-order valence-corrected chi connectivity index (χ4v) is 12.0. The molecule has 12 aromatic carbocycles. The van der Waals surface area contributed by atoms with Crippen molar-refractivity contribution in [2.24, 2.45) is 0 Å². The number of rotatable bonds is 10. The Morgan fingerprint density at radius 1 is 0.250 bits per heavy atom. The average Bonchev–Trinajstić information content (AvgIpc) is 1.84. The quantitative estimate of drug-likeness (QED) is 0.136. The minimum Gasteiger partial charge on any atom is -0.309 e. The molecule has 0 fully saturated rings. The lowest BCUT2D eigenvalue weighted by Gasteiger charge is -2.17. The highest BCUT2D eigenvalue weighted by atomic mass is 15.0. The predicted octanol–water partition coefficient (Wildman–Crippen LogP) is 19.1. The van der Waals surface area contributed by atoms with Gasteiger partial charge >= 0.3 is 0 Å². The van der Waals surface area contributed by atoms with Crippen LogP contribution >= 0.6 is 0 Å². The molecule has 0 saturated heterocycles. The lowest BCUT2D eigenvalue weighted by Crippen LogP contribution is -2.03. The summed E-state index contributed by atoms with van der Waals surface area (Å²) in [5.74, 6) is 1.37. The Morgan fingerprint density at radius 3 is 1.00 bits per heavy atom. The Morgan fingerprint density at radius 2 is 0.595 bits per heavy atom. The molecule has 7 nitrogen and oxygen atoms in total. The van der Waals surface area contributed by atoms with E-state index in [1.165, 1.54) is 0 Å². The molecule has 0 aliphatic carbocycles. The Balaban J connectivity index is 0.902. The first-order valence-electron chi connectivity index (χ1n) is 27.9. The van der Waals surface area contributed by atoms with E-state index in [1.807, 2.05) is 91.0 Å². The van der Waals surface area contributed by atoms with Gasteiger partial charge in [-0.15, -0.1) is 0 Å². The molecule has 0 aliphatic heterocycles. The Labute approximate surface area is 485 Å². The molecular weight excluding hydrogens is 1020 g/mol. The number of nitrogens with zero attached hydrogens (tertiary/aromatic N) is 7. The summed E-state index contributed by atoms with van der Waals surface area (Å²) >= 11 is 0. The summed E-state index contributed by atoms with van der Waals surface area (Å²) in [6, 6.07) is 103. The second-order valence-corrected chi connectivity index (χ2v) is 21.0. The first-order chi connectivity index (χ1) is 41.5. The fraction of sp³-hybridized carbons (Fsp3) is 0. The van der Waals surface area contributed by atoms with E-state index in [-0.39, 0.29) is 0 Å². The van der Waals surface area contributed by atoms with Crippen LogP contribution in [0.3, 0.4) is 0 Å². The molecule has 15 rings (SSSR count). The zero-order valence-electron chi connectivity index (χ0n) is 45.3. The minimum absolute atomic E-state index is 0.423. The van der Waals surface area contributed by atoms with Crippen LogP contribution < -0.4 is 0 Å². The van der Waals surface area contributed by atoms with E-state index in [4.69, 9.17) is 15.0 Å². The SMILES string of the molecule is N#Cc1cccc(-c2cc(-c3nc(-c4ccccc4)nc(-c4ccc(-n5c6ccc(-c7ccccc7)cc6c6cc(-c7ccccc7)ccc65)c(C#N)c4)n3)ccc2-n2c3ccc(-c4ccccc4)cc3c3cc(-c4ccccc4)ccc32)c1. The molecule has 3 aromatic heterocycles. The Bertz CT molecular complexity index is 4940. The maximum absolute atomic E-state index is 11.2. The molecule has 0 radical (unpaired) electrons. The number of aromatic nitrogens is 5. The predicted molar refractivity (Wildman–Crippen MR) is 341 cm³/mol. The normalized spacial score (nSPS) is 11.3. The molecule has 3 heterocycles. The molecule has 0 spiro atoms.